The van der Waals surface area contributed by atoms with Gasteiger partial charge in [0.2, 0.25) is 0 Å². The van der Waals surface area contributed by atoms with Crippen LogP contribution in [0.4, 0.5) is 14.6 Å². The number of nitrogens with zero attached hydrogens (tertiary/aromatic N) is 3. The maximum atomic E-state index is 13.3. The van der Waals surface area contributed by atoms with Crippen LogP contribution in [0.2, 0.25) is 0 Å². The Labute approximate surface area is 135 Å². The van der Waals surface area contributed by atoms with Crippen molar-refractivity contribution in [2.45, 2.75) is 0 Å². The Kier molecular flexibility index (Phi) is 3.19. The normalized spacial score (nSPS) is 11.1. The highest BCUT2D eigenvalue weighted by Gasteiger charge is 2.18. The first kappa shape index (κ1) is 14.3. The molecule has 0 bridgehead atoms. The molecule has 0 atom stereocenters. The lowest BCUT2D eigenvalue weighted by Gasteiger charge is -2.10. The molecule has 5 nitrogen and oxygen atoms in total. The van der Waals surface area contributed by atoms with Crippen LogP contribution in [0.15, 0.2) is 48.5 Å². The first-order chi connectivity index (χ1) is 11.6. The highest BCUT2D eigenvalue weighted by molar-refractivity contribution is 6.04. The number of hydrogen-bond acceptors (Lipinski definition) is 4. The van der Waals surface area contributed by atoms with Gasteiger partial charge in [-0.25, -0.2) is 8.78 Å². The predicted octanol–water partition coefficient (Wildman–Crippen LogP) is 3.55. The summed E-state index contributed by atoms with van der Waals surface area (Å²) in [5, 5.41) is 15.6. The maximum Gasteiger partial charge on any atom is 0.180 e. The largest absolute Gasteiger partial charge is 0.382 e. The van der Waals surface area contributed by atoms with Crippen LogP contribution in [0.3, 0.4) is 0 Å². The molecule has 0 radical (unpaired) electrons. The Morgan fingerprint density at radius 1 is 0.792 bits per heavy atom. The van der Waals surface area contributed by atoms with Gasteiger partial charge >= 0.3 is 0 Å². The van der Waals surface area contributed by atoms with E-state index >= 15 is 0 Å². The molecule has 2 aromatic heterocycles. The molecule has 0 aliphatic rings. The van der Waals surface area contributed by atoms with Crippen LogP contribution in [0, 0.1) is 11.6 Å². The Bertz CT molecular complexity index is 1020. The number of rotatable bonds is 2. The van der Waals surface area contributed by atoms with E-state index in [1.165, 1.54) is 24.3 Å². The molecule has 4 rings (SSSR count). The van der Waals surface area contributed by atoms with Gasteiger partial charge in [0.05, 0.1) is 5.39 Å². The van der Waals surface area contributed by atoms with Crippen molar-refractivity contribution in [1.29, 1.82) is 0 Å². The van der Waals surface area contributed by atoms with Gasteiger partial charge in [-0.3, -0.25) is 5.10 Å². The third-order valence-corrected chi connectivity index (χ3v) is 3.76. The fraction of sp³-hybridized carbons (Fsp3) is 0. The summed E-state index contributed by atoms with van der Waals surface area (Å²) in [5.41, 5.74) is 8.96. The van der Waals surface area contributed by atoms with Gasteiger partial charge in [0.15, 0.2) is 11.5 Å². The molecule has 2 heterocycles. The number of fused-ring (bicyclic) bond motifs is 1. The molecule has 0 fully saturated rings. The van der Waals surface area contributed by atoms with E-state index in [4.69, 9.17) is 5.73 Å². The minimum Gasteiger partial charge on any atom is -0.382 e. The minimum atomic E-state index is -0.348. The van der Waals surface area contributed by atoms with Crippen molar-refractivity contribution >= 4 is 16.9 Å². The Morgan fingerprint density at radius 2 is 1.38 bits per heavy atom. The molecule has 2 aromatic carbocycles. The van der Waals surface area contributed by atoms with Gasteiger partial charge in [0.25, 0.3) is 0 Å². The summed E-state index contributed by atoms with van der Waals surface area (Å²) >= 11 is 0. The van der Waals surface area contributed by atoms with Crippen LogP contribution in [0.25, 0.3) is 33.4 Å². The average Bonchev–Trinajstić information content (AvgIpc) is 2.97. The monoisotopic (exact) mass is 323 g/mol. The molecular formula is C17H11F2N5. The summed E-state index contributed by atoms with van der Waals surface area (Å²) in [6.45, 7) is 0. The van der Waals surface area contributed by atoms with E-state index in [0.29, 0.717) is 33.4 Å². The summed E-state index contributed by atoms with van der Waals surface area (Å²) in [6, 6.07) is 11.9. The lowest BCUT2D eigenvalue weighted by Crippen LogP contribution is -1.96. The van der Waals surface area contributed by atoms with Crippen LogP contribution in [0.5, 0.6) is 0 Å². The standard InChI is InChI=1S/C17H11F2N5/c18-11-5-1-9(2-6-11)13-14-16(20)22-24-17(14)23-21-15(13)10-3-7-12(19)8-4-10/h1-8H,(H3,20,22,23,24). The third kappa shape index (κ3) is 2.26. The first-order valence-corrected chi connectivity index (χ1v) is 7.15. The molecule has 3 N–H and O–H groups in total. The van der Waals surface area contributed by atoms with Gasteiger partial charge in [0.1, 0.15) is 17.3 Å². The topological polar surface area (TPSA) is 80.5 Å². The Balaban J connectivity index is 2.06. The van der Waals surface area contributed by atoms with Crippen LogP contribution in [0.1, 0.15) is 0 Å². The van der Waals surface area contributed by atoms with E-state index in [-0.39, 0.29) is 17.5 Å². The quantitative estimate of drug-likeness (QED) is 0.591. The maximum absolute atomic E-state index is 13.3. The summed E-state index contributed by atoms with van der Waals surface area (Å²) in [6.07, 6.45) is 0. The number of nitrogens with two attached hydrogens (primary N) is 1. The average molecular weight is 323 g/mol. The van der Waals surface area contributed by atoms with Gasteiger partial charge in [-0.05, 0) is 42.0 Å². The number of anilines is 1. The van der Waals surface area contributed by atoms with E-state index in [1.807, 2.05) is 0 Å². The zero-order chi connectivity index (χ0) is 16.7. The van der Waals surface area contributed by atoms with E-state index in [0.717, 1.165) is 0 Å². The summed E-state index contributed by atoms with van der Waals surface area (Å²) < 4.78 is 26.5. The molecule has 0 amide bonds. The second-order valence-electron chi connectivity index (χ2n) is 5.27. The number of halogens is 2. The van der Waals surface area contributed by atoms with Crippen molar-refractivity contribution in [3.05, 3.63) is 60.2 Å². The third-order valence-electron chi connectivity index (χ3n) is 3.76. The molecule has 24 heavy (non-hydrogen) atoms. The van der Waals surface area contributed by atoms with Crippen molar-refractivity contribution < 1.29 is 8.78 Å². The van der Waals surface area contributed by atoms with Gasteiger partial charge in [-0.2, -0.15) is 5.10 Å². The number of aromatic amines is 1. The lowest BCUT2D eigenvalue weighted by molar-refractivity contribution is 0.627. The zero-order valence-corrected chi connectivity index (χ0v) is 12.3. The van der Waals surface area contributed by atoms with Crippen molar-refractivity contribution in [3.63, 3.8) is 0 Å². The molecule has 4 aromatic rings. The molecule has 0 spiro atoms. The molecule has 7 heteroatoms. The molecule has 0 saturated heterocycles. The van der Waals surface area contributed by atoms with Gasteiger partial charge < -0.3 is 5.73 Å². The number of aromatic nitrogens is 4. The number of benzene rings is 2. The zero-order valence-electron chi connectivity index (χ0n) is 12.3. The SMILES string of the molecule is Nc1n[nH]c2nnc(-c3ccc(F)cc3)c(-c3ccc(F)cc3)c12. The fourth-order valence-electron chi connectivity index (χ4n) is 2.64. The van der Waals surface area contributed by atoms with E-state index in [1.54, 1.807) is 24.3 Å². The Morgan fingerprint density at radius 3 is 2.00 bits per heavy atom. The van der Waals surface area contributed by atoms with E-state index in [9.17, 15) is 8.78 Å². The number of H-pyrrole nitrogens is 1. The molecular weight excluding hydrogens is 312 g/mol. The van der Waals surface area contributed by atoms with Crippen LogP contribution in [-0.2, 0) is 0 Å². The van der Waals surface area contributed by atoms with Gasteiger partial charge in [-0.1, -0.05) is 12.1 Å². The summed E-state index contributed by atoms with van der Waals surface area (Å²) in [5.74, 6) is -0.429. The van der Waals surface area contributed by atoms with Gasteiger partial charge in [-0.15, -0.1) is 10.2 Å². The van der Waals surface area contributed by atoms with E-state index < -0.39 is 0 Å². The minimum absolute atomic E-state index is 0.266. The first-order valence-electron chi connectivity index (χ1n) is 7.15. The highest BCUT2D eigenvalue weighted by Crippen LogP contribution is 2.37. The Hall–Kier alpha value is -3.35. The van der Waals surface area contributed by atoms with Crippen molar-refractivity contribution in [1.82, 2.24) is 20.4 Å². The van der Waals surface area contributed by atoms with Crippen LogP contribution < -0.4 is 5.73 Å². The fourth-order valence-corrected chi connectivity index (χ4v) is 2.64. The number of nitrogens with one attached hydrogen (secondary N) is 1. The molecule has 0 saturated carbocycles. The molecule has 0 aliphatic carbocycles. The smallest absolute Gasteiger partial charge is 0.180 e. The van der Waals surface area contributed by atoms with Gasteiger partial charge in [0, 0.05) is 11.1 Å². The summed E-state index contributed by atoms with van der Waals surface area (Å²) in [7, 11) is 0. The number of hydrogen-bond donors (Lipinski definition) is 2. The van der Waals surface area contributed by atoms with Crippen molar-refractivity contribution in [2.24, 2.45) is 0 Å². The van der Waals surface area contributed by atoms with Crippen molar-refractivity contribution in [3.8, 4) is 22.4 Å². The summed E-state index contributed by atoms with van der Waals surface area (Å²) in [4.78, 5) is 0. The molecule has 0 unspecified atom stereocenters. The molecule has 118 valence electrons. The van der Waals surface area contributed by atoms with E-state index in [2.05, 4.69) is 20.4 Å². The lowest BCUT2D eigenvalue weighted by atomic mass is 9.97. The predicted molar refractivity (Wildman–Crippen MR) is 86.9 cm³/mol. The van der Waals surface area contributed by atoms with Crippen LogP contribution >= 0.6 is 0 Å². The van der Waals surface area contributed by atoms with Crippen molar-refractivity contribution in [2.75, 3.05) is 5.73 Å². The number of nitrogen functional groups attached to an aromatic ring is 1. The second kappa shape index (κ2) is 5.38. The highest BCUT2D eigenvalue weighted by atomic mass is 19.1. The second-order valence-corrected chi connectivity index (χ2v) is 5.27. The van der Waals surface area contributed by atoms with Crippen LogP contribution in [-0.4, -0.2) is 20.4 Å². The molecule has 0 aliphatic heterocycles.